The molecule has 0 radical (unpaired) electrons. The molecule has 2 N–H and O–H groups in total. The van der Waals surface area contributed by atoms with Crippen LogP contribution in [0.4, 0.5) is 0 Å². The molecule has 0 fully saturated rings. The smallest absolute Gasteiger partial charge is 0.273 e. The Morgan fingerprint density at radius 3 is 2.25 bits per heavy atom. The van der Waals surface area contributed by atoms with Gasteiger partial charge in [-0.05, 0) is 39.0 Å². The largest absolute Gasteiger partial charge is 0.486 e. The van der Waals surface area contributed by atoms with Gasteiger partial charge in [0, 0.05) is 11.1 Å². The maximum absolute atomic E-state index is 12.2. The minimum Gasteiger partial charge on any atom is -0.486 e. The highest BCUT2D eigenvalue weighted by atomic mass is 16.6. The number of aryl methyl sites for hydroxylation is 2. The number of fused-ring (bicyclic) bond motifs is 1. The van der Waals surface area contributed by atoms with Crippen LogP contribution in [0.25, 0.3) is 0 Å². The molecule has 126 valence electrons. The van der Waals surface area contributed by atoms with E-state index in [9.17, 15) is 9.59 Å². The molecule has 0 bridgehead atoms. The van der Waals surface area contributed by atoms with Crippen molar-refractivity contribution in [1.82, 2.24) is 10.9 Å². The summed E-state index contributed by atoms with van der Waals surface area (Å²) in [5.41, 5.74) is 6.33. The molecule has 0 unspecified atom stereocenters. The quantitative estimate of drug-likeness (QED) is 0.823. The number of hydrazine groups is 1. The normalized spacial score (nSPS) is 12.6. The first-order chi connectivity index (χ1) is 11.5. The Morgan fingerprint density at radius 2 is 1.58 bits per heavy atom. The first-order valence-corrected chi connectivity index (χ1v) is 7.54. The number of furan rings is 1. The van der Waals surface area contributed by atoms with Crippen molar-refractivity contribution in [3.05, 3.63) is 46.4 Å². The predicted molar refractivity (Wildman–Crippen MR) is 85.3 cm³/mol. The number of amides is 2. The van der Waals surface area contributed by atoms with Crippen LogP contribution in [0.15, 0.2) is 22.6 Å². The molecule has 7 nitrogen and oxygen atoms in total. The number of hydrogen-bond donors (Lipinski definition) is 2. The monoisotopic (exact) mass is 330 g/mol. The van der Waals surface area contributed by atoms with Gasteiger partial charge in [-0.15, -0.1) is 0 Å². The van der Waals surface area contributed by atoms with Crippen LogP contribution in [-0.2, 0) is 0 Å². The third kappa shape index (κ3) is 2.92. The lowest BCUT2D eigenvalue weighted by Gasteiger charge is -2.18. The van der Waals surface area contributed by atoms with Crippen LogP contribution in [0, 0.1) is 20.8 Å². The minimum absolute atomic E-state index is 0.358. The van der Waals surface area contributed by atoms with Crippen molar-refractivity contribution in [2.45, 2.75) is 20.8 Å². The standard InChI is InChI=1S/C17H18N2O5/c1-9-10(2)24-11(3)15(9)17(21)19-18-16(20)12-4-5-13-14(8-12)23-7-6-22-13/h4-5,8H,6-7H2,1-3H3,(H,18,20)(H,19,21). The van der Waals surface area contributed by atoms with Crippen LogP contribution >= 0.6 is 0 Å². The maximum atomic E-state index is 12.2. The summed E-state index contributed by atoms with van der Waals surface area (Å²) in [4.78, 5) is 24.4. The summed E-state index contributed by atoms with van der Waals surface area (Å²) >= 11 is 0. The van der Waals surface area contributed by atoms with E-state index in [4.69, 9.17) is 13.9 Å². The van der Waals surface area contributed by atoms with Gasteiger partial charge in [-0.1, -0.05) is 0 Å². The van der Waals surface area contributed by atoms with E-state index in [0.717, 1.165) is 5.56 Å². The number of benzene rings is 1. The summed E-state index contributed by atoms with van der Waals surface area (Å²) in [6.07, 6.45) is 0. The molecule has 1 aliphatic rings. The summed E-state index contributed by atoms with van der Waals surface area (Å²) < 4.78 is 16.3. The van der Waals surface area contributed by atoms with E-state index in [-0.39, 0.29) is 0 Å². The highest BCUT2D eigenvalue weighted by Gasteiger charge is 2.20. The zero-order valence-electron chi connectivity index (χ0n) is 13.7. The molecule has 7 heteroatoms. The summed E-state index contributed by atoms with van der Waals surface area (Å²) in [5.74, 6) is 1.43. The van der Waals surface area contributed by atoms with E-state index >= 15 is 0 Å². The van der Waals surface area contributed by atoms with Crippen molar-refractivity contribution >= 4 is 11.8 Å². The molecule has 2 heterocycles. The van der Waals surface area contributed by atoms with Gasteiger partial charge in [-0.25, -0.2) is 0 Å². The van der Waals surface area contributed by atoms with Crippen LogP contribution in [0.1, 0.15) is 37.8 Å². The summed E-state index contributed by atoms with van der Waals surface area (Å²) in [6.45, 7) is 6.21. The van der Waals surface area contributed by atoms with Gasteiger partial charge in [0.2, 0.25) is 0 Å². The molecule has 2 aromatic rings. The van der Waals surface area contributed by atoms with E-state index in [1.54, 1.807) is 39.0 Å². The van der Waals surface area contributed by atoms with Crippen molar-refractivity contribution in [2.24, 2.45) is 0 Å². The van der Waals surface area contributed by atoms with Gasteiger partial charge in [0.05, 0.1) is 5.56 Å². The van der Waals surface area contributed by atoms with Gasteiger partial charge >= 0.3 is 0 Å². The third-order valence-corrected chi connectivity index (χ3v) is 3.88. The van der Waals surface area contributed by atoms with E-state index in [1.807, 2.05) is 0 Å². The third-order valence-electron chi connectivity index (χ3n) is 3.88. The SMILES string of the molecule is Cc1oc(C)c(C(=O)NNC(=O)c2ccc3c(c2)OCCO3)c1C. The lowest BCUT2D eigenvalue weighted by Crippen LogP contribution is -2.42. The van der Waals surface area contributed by atoms with Gasteiger partial charge in [0.25, 0.3) is 11.8 Å². The van der Waals surface area contributed by atoms with Gasteiger partial charge in [0.15, 0.2) is 11.5 Å². The molecule has 1 aromatic heterocycles. The Bertz CT molecular complexity index is 810. The zero-order valence-corrected chi connectivity index (χ0v) is 13.7. The molecule has 0 saturated heterocycles. The summed E-state index contributed by atoms with van der Waals surface area (Å²) in [5, 5.41) is 0. The first kappa shape index (κ1) is 15.9. The van der Waals surface area contributed by atoms with Crippen molar-refractivity contribution in [1.29, 1.82) is 0 Å². The van der Waals surface area contributed by atoms with Crippen molar-refractivity contribution in [3.8, 4) is 11.5 Å². The molecule has 0 spiro atoms. The van der Waals surface area contributed by atoms with Crippen molar-refractivity contribution in [3.63, 3.8) is 0 Å². The second-order valence-electron chi connectivity index (χ2n) is 5.48. The van der Waals surface area contributed by atoms with Crippen LogP contribution in [0.3, 0.4) is 0 Å². The van der Waals surface area contributed by atoms with Crippen molar-refractivity contribution in [2.75, 3.05) is 13.2 Å². The van der Waals surface area contributed by atoms with E-state index in [0.29, 0.717) is 47.4 Å². The number of carbonyl (C=O) groups is 2. The van der Waals surface area contributed by atoms with E-state index in [2.05, 4.69) is 10.9 Å². The fourth-order valence-electron chi connectivity index (χ4n) is 2.56. The highest BCUT2D eigenvalue weighted by Crippen LogP contribution is 2.30. The number of nitrogens with one attached hydrogen (secondary N) is 2. The second-order valence-corrected chi connectivity index (χ2v) is 5.48. The second kappa shape index (κ2) is 6.27. The Morgan fingerprint density at radius 1 is 0.917 bits per heavy atom. The Balaban J connectivity index is 1.68. The number of ether oxygens (including phenoxy) is 2. The minimum atomic E-state index is -0.448. The fraction of sp³-hybridized carbons (Fsp3) is 0.294. The van der Waals surface area contributed by atoms with E-state index < -0.39 is 11.8 Å². The fourth-order valence-corrected chi connectivity index (χ4v) is 2.56. The average molecular weight is 330 g/mol. The van der Waals surface area contributed by atoms with Gasteiger partial charge in [0.1, 0.15) is 24.7 Å². The van der Waals surface area contributed by atoms with Gasteiger partial charge in [-0.3, -0.25) is 20.4 Å². The number of hydrogen-bond acceptors (Lipinski definition) is 5. The predicted octanol–water partition coefficient (Wildman–Crippen LogP) is 2.05. The summed E-state index contributed by atoms with van der Waals surface area (Å²) in [6, 6.07) is 4.85. The van der Waals surface area contributed by atoms with Crippen LogP contribution < -0.4 is 20.3 Å². The molecule has 1 aromatic carbocycles. The van der Waals surface area contributed by atoms with Crippen LogP contribution in [0.2, 0.25) is 0 Å². The van der Waals surface area contributed by atoms with E-state index in [1.165, 1.54) is 0 Å². The molecule has 2 amide bonds. The molecule has 3 rings (SSSR count). The topological polar surface area (TPSA) is 89.8 Å². The molecular formula is C17H18N2O5. The molecule has 1 aliphatic heterocycles. The Kier molecular flexibility index (Phi) is 4.16. The highest BCUT2D eigenvalue weighted by molar-refractivity contribution is 6.00. The zero-order chi connectivity index (χ0) is 17.3. The molecule has 24 heavy (non-hydrogen) atoms. The summed E-state index contributed by atoms with van der Waals surface area (Å²) in [7, 11) is 0. The first-order valence-electron chi connectivity index (χ1n) is 7.54. The molecule has 0 aliphatic carbocycles. The Hall–Kier alpha value is -2.96. The van der Waals surface area contributed by atoms with Crippen molar-refractivity contribution < 1.29 is 23.5 Å². The molecule has 0 saturated carbocycles. The molecule has 0 atom stereocenters. The Labute approximate surface area is 138 Å². The lowest BCUT2D eigenvalue weighted by molar-refractivity contribution is 0.0845. The number of rotatable bonds is 2. The van der Waals surface area contributed by atoms with Gasteiger partial charge in [-0.2, -0.15) is 0 Å². The average Bonchev–Trinajstić information content (AvgIpc) is 2.84. The molecular weight excluding hydrogens is 312 g/mol. The number of carbonyl (C=O) groups excluding carboxylic acids is 2. The lowest BCUT2D eigenvalue weighted by atomic mass is 10.1. The maximum Gasteiger partial charge on any atom is 0.273 e. The van der Waals surface area contributed by atoms with Crippen LogP contribution in [-0.4, -0.2) is 25.0 Å². The van der Waals surface area contributed by atoms with Gasteiger partial charge < -0.3 is 13.9 Å². The van der Waals surface area contributed by atoms with Crippen LogP contribution in [0.5, 0.6) is 11.5 Å².